The highest BCUT2D eigenvalue weighted by molar-refractivity contribution is 5.90. The maximum atomic E-state index is 13.7. The van der Waals surface area contributed by atoms with Gasteiger partial charge in [0, 0.05) is 12.6 Å². The minimum atomic E-state index is -0.495. The second kappa shape index (κ2) is 8.92. The van der Waals surface area contributed by atoms with Crippen LogP contribution in [-0.2, 0) is 11.2 Å². The first-order valence-corrected chi connectivity index (χ1v) is 8.80. The molecule has 0 unspecified atom stereocenters. The Morgan fingerprint density at radius 2 is 2.00 bits per heavy atom. The van der Waals surface area contributed by atoms with Crippen molar-refractivity contribution in [2.75, 3.05) is 12.4 Å². The largest absolute Gasteiger partial charge is 0.497 e. The number of nitrogens with one attached hydrogen (secondary N) is 1. The van der Waals surface area contributed by atoms with Crippen LogP contribution in [0.5, 0.6) is 5.75 Å². The number of pyridine rings is 1. The molecule has 0 aliphatic rings. The van der Waals surface area contributed by atoms with E-state index >= 15 is 0 Å². The quantitative estimate of drug-likeness (QED) is 0.473. The maximum Gasteiger partial charge on any atom is 0.280 e. The first kappa shape index (κ1) is 19.9. The van der Waals surface area contributed by atoms with Gasteiger partial charge in [-0.15, -0.1) is 0 Å². The standard InChI is InChI=1S/C21H18FN3O4/c1-29-16-7-8-17(19(13-16)25(27)28)15-10-11-23-20(12-15)24-21(26)9-6-14-4-2-3-5-18(14)22/h2-5,7-8,10-13H,6,9H2,1H3,(H,23,24,26). The fourth-order valence-corrected chi connectivity index (χ4v) is 2.85. The SMILES string of the molecule is COc1ccc(-c2ccnc(NC(=O)CCc3ccccc3F)c2)c([N+](=O)[O-])c1. The zero-order valence-electron chi connectivity index (χ0n) is 15.6. The van der Waals surface area contributed by atoms with Crippen LogP contribution in [0.2, 0.25) is 0 Å². The van der Waals surface area contributed by atoms with Gasteiger partial charge in [0.05, 0.1) is 23.7 Å². The van der Waals surface area contributed by atoms with Crippen molar-refractivity contribution in [2.24, 2.45) is 0 Å². The number of anilines is 1. The van der Waals surface area contributed by atoms with Crippen LogP contribution in [0.1, 0.15) is 12.0 Å². The van der Waals surface area contributed by atoms with Crippen LogP contribution in [0.15, 0.2) is 60.8 Å². The Kier molecular flexibility index (Phi) is 6.13. The predicted octanol–water partition coefficient (Wildman–Crippen LogP) is 4.38. The average Bonchev–Trinajstić information content (AvgIpc) is 2.73. The summed E-state index contributed by atoms with van der Waals surface area (Å²) in [6, 6.07) is 14.0. The van der Waals surface area contributed by atoms with Crippen molar-refractivity contribution in [3.05, 3.63) is 82.3 Å². The van der Waals surface area contributed by atoms with Crippen LogP contribution in [0.4, 0.5) is 15.9 Å². The number of carbonyl (C=O) groups is 1. The summed E-state index contributed by atoms with van der Waals surface area (Å²) >= 11 is 0. The summed E-state index contributed by atoms with van der Waals surface area (Å²) in [5.74, 6) is -0.0586. The number of hydrogen-bond acceptors (Lipinski definition) is 5. The summed E-state index contributed by atoms with van der Waals surface area (Å²) in [4.78, 5) is 27.2. The molecule has 3 aromatic rings. The van der Waals surface area contributed by atoms with Gasteiger partial charge in [-0.3, -0.25) is 14.9 Å². The van der Waals surface area contributed by atoms with Gasteiger partial charge in [0.1, 0.15) is 17.4 Å². The zero-order valence-corrected chi connectivity index (χ0v) is 15.6. The number of benzene rings is 2. The molecule has 0 bridgehead atoms. The second-order valence-electron chi connectivity index (χ2n) is 6.21. The molecule has 0 fully saturated rings. The molecular weight excluding hydrogens is 377 g/mol. The fraction of sp³-hybridized carbons (Fsp3) is 0.143. The first-order valence-electron chi connectivity index (χ1n) is 8.80. The molecule has 0 spiro atoms. The van der Waals surface area contributed by atoms with Crippen LogP contribution in [0, 0.1) is 15.9 Å². The number of hydrogen-bond donors (Lipinski definition) is 1. The summed E-state index contributed by atoms with van der Waals surface area (Å²) < 4.78 is 18.7. The number of amides is 1. The van der Waals surface area contributed by atoms with E-state index in [9.17, 15) is 19.3 Å². The molecule has 148 valence electrons. The predicted molar refractivity (Wildman–Crippen MR) is 106 cm³/mol. The molecule has 1 amide bonds. The van der Waals surface area contributed by atoms with E-state index in [4.69, 9.17) is 4.74 Å². The molecule has 1 aromatic heterocycles. The van der Waals surface area contributed by atoms with E-state index in [2.05, 4.69) is 10.3 Å². The number of aryl methyl sites for hydroxylation is 1. The molecule has 0 aliphatic carbocycles. The van der Waals surface area contributed by atoms with E-state index in [0.29, 0.717) is 22.4 Å². The van der Waals surface area contributed by atoms with Gasteiger partial charge in [0.2, 0.25) is 5.91 Å². The highest BCUT2D eigenvalue weighted by atomic mass is 19.1. The van der Waals surface area contributed by atoms with Gasteiger partial charge in [0.25, 0.3) is 5.69 Å². The van der Waals surface area contributed by atoms with Gasteiger partial charge in [-0.05, 0) is 47.9 Å². The Hall–Kier alpha value is -3.81. The molecule has 0 radical (unpaired) electrons. The maximum absolute atomic E-state index is 13.7. The molecule has 1 N–H and O–H groups in total. The van der Waals surface area contributed by atoms with Crippen molar-refractivity contribution in [1.82, 2.24) is 4.98 Å². The zero-order chi connectivity index (χ0) is 20.8. The lowest BCUT2D eigenvalue weighted by atomic mass is 10.0. The van der Waals surface area contributed by atoms with Gasteiger partial charge in [-0.2, -0.15) is 0 Å². The van der Waals surface area contributed by atoms with Gasteiger partial charge >= 0.3 is 0 Å². The molecule has 0 aliphatic heterocycles. The highest BCUT2D eigenvalue weighted by Crippen LogP contribution is 2.33. The molecule has 3 rings (SSSR count). The number of nitro groups is 1. The summed E-state index contributed by atoms with van der Waals surface area (Å²) in [5.41, 5.74) is 1.24. The summed E-state index contributed by atoms with van der Waals surface area (Å²) in [6.07, 6.45) is 1.79. The first-order chi connectivity index (χ1) is 14.0. The topological polar surface area (TPSA) is 94.4 Å². The monoisotopic (exact) mass is 395 g/mol. The summed E-state index contributed by atoms with van der Waals surface area (Å²) in [5, 5.41) is 14.1. The van der Waals surface area contributed by atoms with E-state index in [1.54, 1.807) is 42.5 Å². The number of rotatable bonds is 7. The Balaban J connectivity index is 1.75. The van der Waals surface area contributed by atoms with E-state index in [1.165, 1.54) is 25.4 Å². The van der Waals surface area contributed by atoms with E-state index in [1.807, 2.05) is 0 Å². The smallest absolute Gasteiger partial charge is 0.280 e. The molecule has 2 aromatic carbocycles. The van der Waals surface area contributed by atoms with Gasteiger partial charge in [-0.25, -0.2) is 9.37 Å². The molecule has 8 heteroatoms. The lowest BCUT2D eigenvalue weighted by molar-refractivity contribution is -0.384. The number of carbonyl (C=O) groups excluding carboxylic acids is 1. The van der Waals surface area contributed by atoms with E-state index in [0.717, 1.165) is 0 Å². The summed E-state index contributed by atoms with van der Waals surface area (Å²) in [7, 11) is 1.43. The lowest BCUT2D eigenvalue weighted by Crippen LogP contribution is -2.13. The van der Waals surface area contributed by atoms with Gasteiger partial charge in [-0.1, -0.05) is 18.2 Å². The third-order valence-electron chi connectivity index (χ3n) is 4.32. The van der Waals surface area contributed by atoms with Crippen molar-refractivity contribution in [2.45, 2.75) is 12.8 Å². The Labute approximate surface area is 166 Å². The Morgan fingerprint density at radius 3 is 2.72 bits per heavy atom. The van der Waals surface area contributed by atoms with Crippen molar-refractivity contribution in [1.29, 1.82) is 0 Å². The van der Waals surface area contributed by atoms with Crippen molar-refractivity contribution in [3.63, 3.8) is 0 Å². The molecule has 0 saturated carbocycles. The van der Waals surface area contributed by atoms with Crippen LogP contribution in [-0.4, -0.2) is 22.9 Å². The lowest BCUT2D eigenvalue weighted by Gasteiger charge is -2.09. The fourth-order valence-electron chi connectivity index (χ4n) is 2.85. The van der Waals surface area contributed by atoms with Crippen LogP contribution in [0.3, 0.4) is 0 Å². The van der Waals surface area contributed by atoms with E-state index in [-0.39, 0.29) is 36.1 Å². The third-order valence-corrected chi connectivity index (χ3v) is 4.32. The van der Waals surface area contributed by atoms with Crippen molar-refractivity contribution < 1.29 is 18.8 Å². The number of ether oxygens (including phenoxy) is 1. The number of halogens is 1. The van der Waals surface area contributed by atoms with Crippen LogP contribution < -0.4 is 10.1 Å². The summed E-state index contributed by atoms with van der Waals surface area (Å²) in [6.45, 7) is 0. The number of nitrogens with zero attached hydrogens (tertiary/aromatic N) is 2. The molecule has 1 heterocycles. The second-order valence-corrected chi connectivity index (χ2v) is 6.21. The number of methoxy groups -OCH3 is 1. The van der Waals surface area contributed by atoms with Gasteiger partial charge in [0.15, 0.2) is 0 Å². The molecule has 7 nitrogen and oxygen atoms in total. The normalized spacial score (nSPS) is 10.4. The van der Waals surface area contributed by atoms with Crippen molar-refractivity contribution >= 4 is 17.4 Å². The number of nitro benzene ring substituents is 1. The van der Waals surface area contributed by atoms with Gasteiger partial charge < -0.3 is 10.1 Å². The molecule has 0 saturated heterocycles. The minimum absolute atomic E-state index is 0.0789. The third kappa shape index (κ3) is 4.92. The molecule has 29 heavy (non-hydrogen) atoms. The Morgan fingerprint density at radius 1 is 1.21 bits per heavy atom. The molecule has 0 atom stereocenters. The molecular formula is C21H18FN3O4. The van der Waals surface area contributed by atoms with Crippen LogP contribution >= 0.6 is 0 Å². The number of aromatic nitrogens is 1. The minimum Gasteiger partial charge on any atom is -0.497 e. The average molecular weight is 395 g/mol. The highest BCUT2D eigenvalue weighted by Gasteiger charge is 2.17. The van der Waals surface area contributed by atoms with Crippen molar-refractivity contribution in [3.8, 4) is 16.9 Å². The van der Waals surface area contributed by atoms with E-state index < -0.39 is 4.92 Å². The van der Waals surface area contributed by atoms with Crippen LogP contribution in [0.25, 0.3) is 11.1 Å². The Bertz CT molecular complexity index is 1060.